The van der Waals surface area contributed by atoms with Crippen molar-refractivity contribution in [1.29, 1.82) is 0 Å². The number of benzene rings is 2. The van der Waals surface area contributed by atoms with Gasteiger partial charge in [0.05, 0.1) is 0 Å². The van der Waals surface area contributed by atoms with E-state index in [1.165, 1.54) is 0 Å². The smallest absolute Gasteiger partial charge is 0.408 e. The Bertz CT molecular complexity index is 1100. The zero-order valence-corrected chi connectivity index (χ0v) is 25.9. The minimum Gasteiger partial charge on any atom is -0.444 e. The van der Waals surface area contributed by atoms with Crippen molar-refractivity contribution in [3.8, 4) is 0 Å². The van der Waals surface area contributed by atoms with E-state index in [4.69, 9.17) is 4.74 Å². The average molecular weight is 570 g/mol. The molecule has 0 saturated heterocycles. The van der Waals surface area contributed by atoms with E-state index in [2.05, 4.69) is 30.2 Å². The van der Waals surface area contributed by atoms with Crippen LogP contribution in [0.1, 0.15) is 88.1 Å². The summed E-state index contributed by atoms with van der Waals surface area (Å²) in [6, 6.07) is 13.7. The van der Waals surface area contributed by atoms with E-state index in [1.807, 2.05) is 62.4 Å². The van der Waals surface area contributed by atoms with Crippen LogP contribution in [0.4, 0.5) is 4.79 Å². The highest BCUT2D eigenvalue weighted by molar-refractivity contribution is 7.80. The molecule has 0 bridgehead atoms. The third-order valence-electron chi connectivity index (χ3n) is 6.67. The Hall–Kier alpha value is -3.00. The zero-order valence-electron chi connectivity index (χ0n) is 25.0. The maximum absolute atomic E-state index is 14.1. The lowest BCUT2D eigenvalue weighted by molar-refractivity contribution is -0.142. The summed E-state index contributed by atoms with van der Waals surface area (Å²) in [6.07, 6.45) is 4.26. The monoisotopic (exact) mass is 569 g/mol. The van der Waals surface area contributed by atoms with Gasteiger partial charge in [-0.05, 0) is 63.3 Å². The van der Waals surface area contributed by atoms with E-state index < -0.39 is 23.8 Å². The topological polar surface area (TPSA) is 87.7 Å². The molecule has 220 valence electrons. The van der Waals surface area contributed by atoms with Crippen molar-refractivity contribution in [2.45, 2.75) is 97.9 Å². The fourth-order valence-corrected chi connectivity index (χ4v) is 4.62. The molecule has 0 heterocycles. The number of ether oxygens (including phenoxy) is 1. The van der Waals surface area contributed by atoms with E-state index in [0.29, 0.717) is 13.1 Å². The third-order valence-corrected chi connectivity index (χ3v) is 7.04. The highest BCUT2D eigenvalue weighted by Gasteiger charge is 2.35. The molecular formula is C32H47N3O4S. The number of thiol groups is 1. The summed E-state index contributed by atoms with van der Waals surface area (Å²) in [5.74, 6) is -0.575. The number of nitrogens with one attached hydrogen (secondary N) is 2. The summed E-state index contributed by atoms with van der Waals surface area (Å²) in [4.78, 5) is 42.1. The first-order valence-electron chi connectivity index (χ1n) is 14.3. The van der Waals surface area contributed by atoms with Gasteiger partial charge in [-0.2, -0.15) is 12.6 Å². The summed E-state index contributed by atoms with van der Waals surface area (Å²) >= 11 is 4.38. The number of hydrogen-bond donors (Lipinski definition) is 3. The summed E-state index contributed by atoms with van der Waals surface area (Å²) in [5, 5.41) is 5.72. The van der Waals surface area contributed by atoms with Crippen LogP contribution in [-0.4, -0.2) is 46.7 Å². The summed E-state index contributed by atoms with van der Waals surface area (Å²) in [5.41, 5.74) is 3.11. The molecule has 0 aliphatic heterocycles. The maximum Gasteiger partial charge on any atom is 0.408 e. The molecule has 2 aromatic carbocycles. The Balaban J connectivity index is 2.43. The van der Waals surface area contributed by atoms with Gasteiger partial charge in [0.2, 0.25) is 11.8 Å². The van der Waals surface area contributed by atoms with Crippen LogP contribution < -0.4 is 10.6 Å². The van der Waals surface area contributed by atoms with E-state index in [0.717, 1.165) is 54.4 Å². The molecule has 0 aliphatic rings. The van der Waals surface area contributed by atoms with Crippen molar-refractivity contribution in [3.05, 3.63) is 70.8 Å². The lowest BCUT2D eigenvalue weighted by Crippen LogP contribution is -2.54. The molecule has 0 spiro atoms. The van der Waals surface area contributed by atoms with E-state index in [1.54, 1.807) is 25.7 Å². The molecule has 40 heavy (non-hydrogen) atoms. The Morgan fingerprint density at radius 1 is 0.950 bits per heavy atom. The van der Waals surface area contributed by atoms with Crippen molar-refractivity contribution in [2.75, 3.05) is 12.3 Å². The first-order valence-corrected chi connectivity index (χ1v) is 14.9. The summed E-state index contributed by atoms with van der Waals surface area (Å²) in [6.45, 7) is 12.2. The van der Waals surface area contributed by atoms with Crippen molar-refractivity contribution >= 4 is 30.5 Å². The van der Waals surface area contributed by atoms with Crippen LogP contribution in [0.3, 0.4) is 0 Å². The fraction of sp³-hybridized carbons (Fsp3) is 0.531. The van der Waals surface area contributed by atoms with Crippen LogP contribution in [0.25, 0.3) is 0 Å². The Labute approximate surface area is 245 Å². The second-order valence-corrected chi connectivity index (χ2v) is 11.6. The van der Waals surface area contributed by atoms with Crippen molar-refractivity contribution < 1.29 is 19.1 Å². The predicted octanol–water partition coefficient (Wildman–Crippen LogP) is 6.28. The number of nitrogens with zero attached hydrogens (tertiary/aromatic N) is 1. The third kappa shape index (κ3) is 10.9. The first-order chi connectivity index (χ1) is 19.0. The normalized spacial score (nSPS) is 12.8. The molecule has 2 N–H and O–H groups in total. The van der Waals surface area contributed by atoms with Crippen LogP contribution in [-0.2, 0) is 20.9 Å². The minimum absolute atomic E-state index is 0.0652. The molecule has 0 aliphatic carbocycles. The van der Waals surface area contributed by atoms with Gasteiger partial charge in [0.15, 0.2) is 0 Å². The van der Waals surface area contributed by atoms with Crippen LogP contribution in [0.15, 0.2) is 48.5 Å². The molecule has 7 nitrogen and oxygen atoms in total. The van der Waals surface area contributed by atoms with Crippen LogP contribution in [0.2, 0.25) is 0 Å². The van der Waals surface area contributed by atoms with Gasteiger partial charge in [0.25, 0.3) is 0 Å². The molecule has 3 amide bonds. The number of unbranched alkanes of at least 4 members (excludes halogenated alkanes) is 4. The van der Waals surface area contributed by atoms with Gasteiger partial charge in [0.1, 0.15) is 17.7 Å². The number of amides is 3. The maximum atomic E-state index is 14.1. The van der Waals surface area contributed by atoms with E-state index in [-0.39, 0.29) is 17.6 Å². The van der Waals surface area contributed by atoms with Gasteiger partial charge in [-0.15, -0.1) is 0 Å². The number of hydrogen-bond acceptors (Lipinski definition) is 5. The molecular weight excluding hydrogens is 522 g/mol. The van der Waals surface area contributed by atoms with Gasteiger partial charge in [-0.25, -0.2) is 4.79 Å². The molecule has 2 aromatic rings. The second kappa shape index (κ2) is 16.3. The molecule has 2 atom stereocenters. The van der Waals surface area contributed by atoms with Gasteiger partial charge in [0, 0.05) is 18.8 Å². The number of carbonyl (C=O) groups excluding carboxylic acids is 3. The first kappa shape index (κ1) is 33.2. The minimum atomic E-state index is -0.954. The highest BCUT2D eigenvalue weighted by Crippen LogP contribution is 2.26. The van der Waals surface area contributed by atoms with Crippen molar-refractivity contribution in [1.82, 2.24) is 15.5 Å². The highest BCUT2D eigenvalue weighted by atomic mass is 32.1. The van der Waals surface area contributed by atoms with Crippen molar-refractivity contribution in [3.63, 3.8) is 0 Å². The Kier molecular flexibility index (Phi) is 13.5. The quantitative estimate of drug-likeness (QED) is 0.185. The number of aryl methyl sites for hydroxylation is 2. The van der Waals surface area contributed by atoms with E-state index in [9.17, 15) is 14.4 Å². The Morgan fingerprint density at radius 2 is 1.62 bits per heavy atom. The van der Waals surface area contributed by atoms with Gasteiger partial charge in [-0.1, -0.05) is 81.1 Å². The average Bonchev–Trinajstić information content (AvgIpc) is 2.90. The van der Waals surface area contributed by atoms with Crippen molar-refractivity contribution in [2.24, 2.45) is 0 Å². The summed E-state index contributed by atoms with van der Waals surface area (Å²) in [7, 11) is 0. The lowest BCUT2D eigenvalue weighted by Gasteiger charge is -2.34. The molecule has 0 radical (unpaired) electrons. The number of rotatable bonds is 14. The standard InChI is InChI=1S/C32H47N3O4S/c1-7-8-9-10-14-19-35(30(37)27(22-40)34-31(38)39-32(4,5)6)28(26-18-17-23(2)24(3)20-26)29(36)33-21-25-15-12-11-13-16-25/h11-13,15-18,20,27-28,40H,7-10,14,19,21-22H2,1-6H3,(H,33,36)(H,34,38). The molecule has 8 heteroatoms. The molecule has 2 rings (SSSR count). The van der Waals surface area contributed by atoms with Gasteiger partial charge < -0.3 is 20.3 Å². The van der Waals surface area contributed by atoms with Crippen LogP contribution in [0.5, 0.6) is 0 Å². The second-order valence-electron chi connectivity index (χ2n) is 11.3. The summed E-state index contributed by atoms with van der Waals surface area (Å²) < 4.78 is 5.40. The van der Waals surface area contributed by atoms with Crippen LogP contribution >= 0.6 is 12.6 Å². The zero-order chi connectivity index (χ0) is 29.7. The largest absolute Gasteiger partial charge is 0.444 e. The molecule has 2 unspecified atom stereocenters. The predicted molar refractivity (Wildman–Crippen MR) is 164 cm³/mol. The lowest BCUT2D eigenvalue weighted by atomic mass is 9.98. The van der Waals surface area contributed by atoms with Gasteiger partial charge >= 0.3 is 6.09 Å². The number of carbonyl (C=O) groups is 3. The number of alkyl carbamates (subject to hydrolysis) is 1. The fourth-order valence-electron chi connectivity index (χ4n) is 4.38. The van der Waals surface area contributed by atoms with E-state index >= 15 is 0 Å². The Morgan fingerprint density at radius 3 is 2.23 bits per heavy atom. The van der Waals surface area contributed by atoms with Crippen LogP contribution in [0, 0.1) is 13.8 Å². The SMILES string of the molecule is CCCCCCCN(C(=O)C(CS)NC(=O)OC(C)(C)C)C(C(=O)NCc1ccccc1)c1ccc(C)c(C)c1. The molecule has 0 fully saturated rings. The molecule has 0 aromatic heterocycles. The van der Waals surface area contributed by atoms with Gasteiger partial charge in [-0.3, -0.25) is 9.59 Å². The molecule has 0 saturated carbocycles.